The smallest absolute Gasteiger partial charge is 0.423 e. The van der Waals surface area contributed by atoms with Crippen LogP contribution in [-0.2, 0) is 0 Å². The maximum atomic E-state index is 9.22. The van der Waals surface area contributed by atoms with Crippen LogP contribution in [0.1, 0.15) is 14.9 Å². The van der Waals surface area contributed by atoms with E-state index in [4.69, 9.17) is 10.0 Å². The molecule has 0 heterocycles. The summed E-state index contributed by atoms with van der Waals surface area (Å²) in [5, 5.41) is 56.6. The van der Waals surface area contributed by atoms with Crippen molar-refractivity contribution in [2.45, 2.75) is 14.9 Å². The first-order valence-corrected chi connectivity index (χ1v) is 42.0. The second-order valence-electron chi connectivity index (χ2n) is 29.4. The molecule has 0 saturated heterocycles. The highest BCUT2D eigenvalue weighted by atomic mass is 79.9. The lowest BCUT2D eigenvalue weighted by Gasteiger charge is -2.13. The Kier molecular flexibility index (Phi) is 26.4. The van der Waals surface area contributed by atoms with E-state index in [2.05, 4.69) is 400 Å². The summed E-state index contributed by atoms with van der Waals surface area (Å²) in [7, 11) is -2.84. The summed E-state index contributed by atoms with van der Waals surface area (Å²) < 4.78 is 3.41. The first kappa shape index (κ1) is 83.2. The Labute approximate surface area is 733 Å². The summed E-state index contributed by atoms with van der Waals surface area (Å²) in [4.78, 5) is 0. The zero-order valence-corrected chi connectivity index (χ0v) is 69.5. The first-order chi connectivity index (χ1) is 58.4. The third-order valence-electron chi connectivity index (χ3n) is 22.0. The molecule has 0 unspecified atom stereocenters. The van der Waals surface area contributed by atoms with Crippen molar-refractivity contribution in [3.8, 4) is 89.0 Å². The van der Waals surface area contributed by atoms with Gasteiger partial charge in [0.25, 0.3) is 0 Å². The maximum absolute atomic E-state index is 9.22. The van der Waals surface area contributed by atoms with Gasteiger partial charge in [0, 0.05) is 13.4 Å². The first-order valence-electron chi connectivity index (χ1n) is 39.6. The lowest BCUT2D eigenvalue weighted by Crippen LogP contribution is -2.29. The Balaban J connectivity index is 0.000000125. The molecule has 584 valence electrons. The molecule has 21 aromatic carbocycles. The molecule has 0 aliphatic carbocycles. The molecule has 0 aliphatic heterocycles. The average molecular weight is 1760 g/mol. The highest BCUT2D eigenvalue weighted by molar-refractivity contribution is 9.11. The van der Waals surface area contributed by atoms with Gasteiger partial charge in [-0.15, -0.1) is 0 Å². The van der Waals surface area contributed by atoms with Crippen LogP contribution in [0.5, 0.6) is 0 Å². The summed E-state index contributed by atoms with van der Waals surface area (Å²) >= 11 is 10.7. The minimum absolute atomic E-state index is 0. The highest BCUT2D eigenvalue weighted by Crippen LogP contribution is 2.41. The van der Waals surface area contributed by atoms with Gasteiger partial charge in [0.2, 0.25) is 0 Å². The summed E-state index contributed by atoms with van der Waals surface area (Å²) in [6.45, 7) is 0. The van der Waals surface area contributed by atoms with E-state index in [1.54, 1.807) is 24.3 Å². The fourth-order valence-electron chi connectivity index (χ4n) is 15.8. The molecule has 21 aromatic rings. The molecule has 21 rings (SSSR count). The topological polar surface area (TPSA) is 80.9 Å². The molecule has 0 atom stereocenters. The Hall–Kier alpha value is -12.9. The fraction of sp³-hybridized carbons (Fsp3) is 0.0179. The van der Waals surface area contributed by atoms with Gasteiger partial charge in [-0.1, -0.05) is 451 Å². The highest BCUT2D eigenvalue weighted by Gasteiger charge is 2.16. The second-order valence-corrected chi connectivity index (χ2v) is 32.0. The summed E-state index contributed by atoms with van der Waals surface area (Å²) in [6.07, 6.45) is 0. The molecular weight excluding hydrogens is 1670 g/mol. The van der Waals surface area contributed by atoms with Crippen LogP contribution in [0.15, 0.2) is 456 Å². The predicted octanol–water partition coefficient (Wildman–Crippen LogP) is 29.9. The third kappa shape index (κ3) is 18.9. The second kappa shape index (κ2) is 38.4. The maximum Gasteiger partial charge on any atom is 0.488 e. The molecule has 0 spiro atoms. The van der Waals surface area contributed by atoms with Crippen molar-refractivity contribution in [2.24, 2.45) is 0 Å². The zero-order valence-electron chi connectivity index (χ0n) is 64.7. The van der Waals surface area contributed by atoms with E-state index >= 15 is 0 Å². The Morgan fingerprint density at radius 1 is 0.149 bits per heavy atom. The molecule has 4 N–H and O–H groups in total. The fourth-order valence-corrected chi connectivity index (χ4v) is 17.3. The van der Waals surface area contributed by atoms with Gasteiger partial charge in [-0.25, -0.2) is 0 Å². The van der Waals surface area contributed by atoms with Gasteiger partial charge in [-0.3, -0.25) is 0 Å². The van der Waals surface area contributed by atoms with Crippen molar-refractivity contribution < 1.29 is 20.1 Å². The molecule has 0 radical (unpaired) electrons. The van der Waals surface area contributed by atoms with Gasteiger partial charge in [-0.05, 0) is 241 Å². The average Bonchev–Trinajstić information content (AvgIpc) is 0.775. The molecule has 0 fully saturated rings. The van der Waals surface area contributed by atoms with E-state index in [1.165, 1.54) is 153 Å². The Morgan fingerprint density at radius 3 is 0.802 bits per heavy atom. The van der Waals surface area contributed by atoms with Crippen LogP contribution in [0.25, 0.3) is 175 Å². The van der Waals surface area contributed by atoms with E-state index in [-0.39, 0.29) is 14.9 Å². The van der Waals surface area contributed by atoms with Gasteiger partial charge in [0.1, 0.15) is 0 Å². The summed E-state index contributed by atoms with van der Waals surface area (Å²) in [6, 6.07) is 155. The molecule has 9 heteroatoms. The van der Waals surface area contributed by atoms with E-state index in [9.17, 15) is 10.0 Å². The standard InChI is InChI=1S/C42H28.C26H17Br.2C16H13BO2.C10H6Br2.2CH4/c1-3-10-33-26-36(24-20-29(33)8-1)31-18-22-32(23-19-31)39-14-6-17-42-40(15-7-16-41(39)42)38-13-5-12-35(28-38)37-25-21-30-9-2-4-11-34(30)27-37;27-26-16-6-14-24-23(13-5-15-25(24)26)20-10-3-9-19(17-20)22-12-4-8-18-7-1-2-11-21(18)22;18-17(19)16-7-3-6-14(11-16)15-9-8-12-4-1-2-5-13(12)10-15;18-17(19)16-9-7-13(8-10-16)15-6-5-12-3-1-2-4-14(12)11-15;11-9-5-1-3-7-8(9)4-2-6-10(7)12;;/h1-28H;1-17H;2*1-11,18-19H;1-6H;2*1H4. The Morgan fingerprint density at radius 2 is 0.388 bits per heavy atom. The minimum atomic E-state index is -1.43. The van der Waals surface area contributed by atoms with Crippen LogP contribution in [0, 0.1) is 0 Å². The number of hydrogen-bond donors (Lipinski definition) is 4. The molecule has 0 aromatic heterocycles. The number of benzene rings is 21. The molecule has 0 bridgehead atoms. The van der Waals surface area contributed by atoms with E-state index in [1.807, 2.05) is 66.7 Å². The lowest BCUT2D eigenvalue weighted by atomic mass is 9.79. The monoisotopic (exact) mass is 1750 g/mol. The van der Waals surface area contributed by atoms with E-state index < -0.39 is 14.2 Å². The van der Waals surface area contributed by atoms with Gasteiger partial charge in [0.05, 0.1) is 0 Å². The lowest BCUT2D eigenvalue weighted by molar-refractivity contribution is 0.424. The third-order valence-corrected chi connectivity index (χ3v) is 24.0. The number of fused-ring (bicyclic) bond motifs is 8. The van der Waals surface area contributed by atoms with Crippen molar-refractivity contribution >= 4 is 159 Å². The van der Waals surface area contributed by atoms with Gasteiger partial charge in [-0.2, -0.15) is 0 Å². The van der Waals surface area contributed by atoms with Crippen molar-refractivity contribution in [3.63, 3.8) is 0 Å². The predicted molar refractivity (Wildman–Crippen MR) is 532 cm³/mol. The zero-order chi connectivity index (χ0) is 81.1. The van der Waals surface area contributed by atoms with Crippen LogP contribution >= 0.6 is 47.8 Å². The number of halogens is 3. The normalized spacial score (nSPS) is 10.8. The number of rotatable bonds is 10. The summed E-state index contributed by atoms with van der Waals surface area (Å²) in [5.41, 5.74) is 20.2. The van der Waals surface area contributed by atoms with Gasteiger partial charge < -0.3 is 20.1 Å². The molecular formula is C112H85B2Br3O4. The molecule has 121 heavy (non-hydrogen) atoms. The summed E-state index contributed by atoms with van der Waals surface area (Å²) in [5.74, 6) is 0. The van der Waals surface area contributed by atoms with E-state index in [0.29, 0.717) is 10.9 Å². The number of hydrogen-bond acceptors (Lipinski definition) is 4. The van der Waals surface area contributed by atoms with Crippen molar-refractivity contribution in [2.75, 3.05) is 0 Å². The molecule has 0 saturated carbocycles. The molecule has 4 nitrogen and oxygen atoms in total. The van der Waals surface area contributed by atoms with Crippen molar-refractivity contribution in [1.29, 1.82) is 0 Å². The van der Waals surface area contributed by atoms with Crippen LogP contribution < -0.4 is 10.9 Å². The van der Waals surface area contributed by atoms with Crippen LogP contribution in [0.4, 0.5) is 0 Å². The van der Waals surface area contributed by atoms with Crippen LogP contribution in [-0.4, -0.2) is 34.3 Å². The van der Waals surface area contributed by atoms with Crippen LogP contribution in [0.3, 0.4) is 0 Å². The molecule has 0 aliphatic rings. The van der Waals surface area contributed by atoms with E-state index in [0.717, 1.165) is 35.7 Å². The SMILES string of the molecule is Brc1cccc2c(-c3cccc(-c4cccc5ccccc45)c3)cccc12.Brc1cccc2c(Br)cccc12.C.C.OB(O)c1ccc(-c2ccc3ccccc3c2)cc1.OB(O)c1cccc(-c2ccc3ccccc3c2)c1.c1cc(-c2ccc3ccccc3c2)cc(-c2cccc3c(-c4ccc(-c5ccc6ccccc6c5)cc4)cccc23)c1. The largest absolute Gasteiger partial charge is 0.488 e. The van der Waals surface area contributed by atoms with Gasteiger partial charge in [0.15, 0.2) is 0 Å². The Bertz CT molecular complexity index is 7210. The van der Waals surface area contributed by atoms with Crippen LogP contribution in [0.2, 0.25) is 0 Å². The molecule has 0 amide bonds. The minimum Gasteiger partial charge on any atom is -0.423 e. The van der Waals surface area contributed by atoms with Gasteiger partial charge >= 0.3 is 14.2 Å². The van der Waals surface area contributed by atoms with Crippen molar-refractivity contribution in [3.05, 3.63) is 456 Å². The quantitative estimate of drug-likeness (QED) is 0.103. The van der Waals surface area contributed by atoms with Crippen molar-refractivity contribution in [1.82, 2.24) is 0 Å².